The second-order valence-corrected chi connectivity index (χ2v) is 7.54. The van der Waals surface area contributed by atoms with Crippen molar-refractivity contribution >= 4 is 5.96 Å². The summed E-state index contributed by atoms with van der Waals surface area (Å²) in [4.78, 5) is 10.8. The van der Waals surface area contributed by atoms with E-state index in [0.717, 1.165) is 24.6 Å². The maximum absolute atomic E-state index is 14.4. The molecule has 0 amide bonds. The Balaban J connectivity index is 1.39. The minimum Gasteiger partial charge on any atom is -0.352 e. The molecule has 1 spiro atoms. The molecule has 138 valence electrons. The summed E-state index contributed by atoms with van der Waals surface area (Å²) in [6, 6.07) is 5.32. The van der Waals surface area contributed by atoms with Gasteiger partial charge in [0.2, 0.25) is 0 Å². The van der Waals surface area contributed by atoms with Crippen LogP contribution in [0.3, 0.4) is 0 Å². The maximum Gasteiger partial charge on any atom is 0.193 e. The topological polar surface area (TPSA) is 45.5 Å². The highest BCUT2D eigenvalue weighted by Crippen LogP contribution is 2.45. The van der Waals surface area contributed by atoms with Gasteiger partial charge in [0.1, 0.15) is 5.82 Å². The van der Waals surface area contributed by atoms with Gasteiger partial charge in [0.05, 0.1) is 12.0 Å². The average molecular weight is 355 g/mol. The summed E-state index contributed by atoms with van der Waals surface area (Å²) >= 11 is 0. The molecule has 0 radical (unpaired) electrons. The Morgan fingerprint density at radius 2 is 2.15 bits per heavy atom. The molecule has 0 atom stereocenters. The predicted molar refractivity (Wildman–Crippen MR) is 101 cm³/mol. The van der Waals surface area contributed by atoms with E-state index < -0.39 is 0 Å². The lowest BCUT2D eigenvalue weighted by molar-refractivity contribution is 0.309. The first-order valence-electron chi connectivity index (χ1n) is 9.41. The van der Waals surface area contributed by atoms with Crippen molar-refractivity contribution in [2.75, 3.05) is 20.1 Å². The number of nitrogens with zero attached hydrogens (tertiary/aromatic N) is 4. The first-order chi connectivity index (χ1) is 12.7. The number of aromatic nitrogens is 2. The van der Waals surface area contributed by atoms with Crippen LogP contribution in [0.1, 0.15) is 37.7 Å². The number of rotatable bonds is 3. The van der Waals surface area contributed by atoms with Gasteiger partial charge in [-0.3, -0.25) is 4.99 Å². The van der Waals surface area contributed by atoms with Crippen molar-refractivity contribution in [3.05, 3.63) is 48.3 Å². The van der Waals surface area contributed by atoms with Gasteiger partial charge in [0.25, 0.3) is 0 Å². The van der Waals surface area contributed by atoms with Crippen LogP contribution in [0, 0.1) is 11.2 Å². The zero-order chi connectivity index (χ0) is 18.0. The van der Waals surface area contributed by atoms with Gasteiger partial charge in [0, 0.05) is 39.1 Å². The number of likely N-dealkylation sites (tertiary alicyclic amines) is 1. The van der Waals surface area contributed by atoms with Crippen LogP contribution in [0.25, 0.3) is 5.69 Å². The van der Waals surface area contributed by atoms with Crippen molar-refractivity contribution in [1.82, 2.24) is 19.8 Å². The summed E-state index contributed by atoms with van der Waals surface area (Å²) in [6.45, 7) is 2.73. The minimum absolute atomic E-state index is 0.247. The normalized spacial score (nSPS) is 19.5. The second-order valence-electron chi connectivity index (χ2n) is 7.54. The van der Waals surface area contributed by atoms with Gasteiger partial charge in [-0.1, -0.05) is 18.9 Å². The van der Waals surface area contributed by atoms with E-state index in [2.05, 4.69) is 20.2 Å². The molecule has 2 aliphatic rings. The molecule has 2 fully saturated rings. The smallest absolute Gasteiger partial charge is 0.193 e. The van der Waals surface area contributed by atoms with E-state index >= 15 is 0 Å². The lowest BCUT2D eigenvalue weighted by Crippen LogP contribution is -2.40. The molecule has 26 heavy (non-hydrogen) atoms. The molecule has 2 heterocycles. The van der Waals surface area contributed by atoms with Gasteiger partial charge in [-0.15, -0.1) is 0 Å². The Hall–Kier alpha value is -2.37. The molecular weight excluding hydrogens is 329 g/mol. The van der Waals surface area contributed by atoms with Gasteiger partial charge < -0.3 is 14.8 Å². The van der Waals surface area contributed by atoms with Crippen LogP contribution in [0.2, 0.25) is 0 Å². The molecular formula is C20H26FN5. The predicted octanol–water partition coefficient (Wildman–Crippen LogP) is 3.35. The van der Waals surface area contributed by atoms with Crippen LogP contribution in [0.4, 0.5) is 4.39 Å². The summed E-state index contributed by atoms with van der Waals surface area (Å²) in [5, 5.41) is 3.41. The number of imidazole rings is 1. The van der Waals surface area contributed by atoms with E-state index in [-0.39, 0.29) is 5.82 Å². The Kier molecular flexibility index (Phi) is 4.66. The molecule has 4 rings (SSSR count). The van der Waals surface area contributed by atoms with Crippen LogP contribution in [-0.4, -0.2) is 40.5 Å². The van der Waals surface area contributed by atoms with E-state index in [1.165, 1.54) is 32.1 Å². The monoisotopic (exact) mass is 355 g/mol. The SMILES string of the molecule is CN=C(NCc1ccc(-n2ccnc2)c(F)c1)N1CCC2(CCCC2)C1. The van der Waals surface area contributed by atoms with Crippen LogP contribution in [0.15, 0.2) is 41.9 Å². The molecule has 6 heteroatoms. The van der Waals surface area contributed by atoms with Gasteiger partial charge in [-0.25, -0.2) is 9.37 Å². The zero-order valence-electron chi connectivity index (χ0n) is 15.3. The molecule has 0 unspecified atom stereocenters. The number of guanidine groups is 1. The van der Waals surface area contributed by atoms with Gasteiger partial charge in [-0.2, -0.15) is 0 Å². The molecule has 1 aliphatic carbocycles. The third kappa shape index (κ3) is 3.32. The molecule has 5 nitrogen and oxygen atoms in total. The van der Waals surface area contributed by atoms with Crippen LogP contribution in [0.5, 0.6) is 0 Å². The Bertz CT molecular complexity index is 778. The van der Waals surface area contributed by atoms with E-state index in [1.54, 1.807) is 35.4 Å². The highest BCUT2D eigenvalue weighted by atomic mass is 19.1. The number of nitrogens with one attached hydrogen (secondary N) is 1. The van der Waals surface area contributed by atoms with E-state index in [4.69, 9.17) is 0 Å². The Labute approximate surface area is 154 Å². The minimum atomic E-state index is -0.247. The van der Waals surface area contributed by atoms with Crippen molar-refractivity contribution in [2.45, 2.75) is 38.6 Å². The van der Waals surface area contributed by atoms with Crippen molar-refractivity contribution in [2.24, 2.45) is 10.4 Å². The summed E-state index contributed by atoms with van der Waals surface area (Å²) < 4.78 is 16.1. The maximum atomic E-state index is 14.4. The van der Waals surface area contributed by atoms with E-state index in [1.807, 2.05) is 13.1 Å². The highest BCUT2D eigenvalue weighted by molar-refractivity contribution is 5.80. The number of hydrogen-bond donors (Lipinski definition) is 1. The largest absolute Gasteiger partial charge is 0.352 e. The molecule has 1 N–H and O–H groups in total. The quantitative estimate of drug-likeness (QED) is 0.678. The zero-order valence-corrected chi connectivity index (χ0v) is 15.3. The third-order valence-corrected chi connectivity index (χ3v) is 5.86. The molecule has 1 aromatic heterocycles. The van der Waals surface area contributed by atoms with Crippen LogP contribution >= 0.6 is 0 Å². The third-order valence-electron chi connectivity index (χ3n) is 5.86. The summed E-state index contributed by atoms with van der Waals surface area (Å²) in [7, 11) is 1.82. The standard InChI is InChI=1S/C20H26FN5/c1-22-19(25-10-8-20(14-25)6-2-3-7-20)24-13-16-4-5-18(17(21)12-16)26-11-9-23-15-26/h4-5,9,11-12,15H,2-3,6-8,10,13-14H2,1H3,(H,22,24). The summed E-state index contributed by atoms with van der Waals surface area (Å²) in [6.07, 6.45) is 11.7. The van der Waals surface area contributed by atoms with Gasteiger partial charge in [0.15, 0.2) is 5.96 Å². The number of halogens is 1. The molecule has 1 saturated heterocycles. The van der Waals surface area contributed by atoms with Crippen molar-refractivity contribution < 1.29 is 4.39 Å². The molecule has 2 aromatic rings. The first-order valence-corrected chi connectivity index (χ1v) is 9.41. The Morgan fingerprint density at radius 3 is 2.85 bits per heavy atom. The highest BCUT2D eigenvalue weighted by Gasteiger charge is 2.41. The summed E-state index contributed by atoms with van der Waals surface area (Å²) in [5.41, 5.74) is 1.93. The average Bonchev–Trinajstić information content (AvgIpc) is 3.40. The number of benzene rings is 1. The molecule has 1 aliphatic heterocycles. The summed E-state index contributed by atoms with van der Waals surface area (Å²) in [5.74, 6) is 0.677. The van der Waals surface area contributed by atoms with E-state index in [0.29, 0.717) is 17.6 Å². The first kappa shape index (κ1) is 17.1. The van der Waals surface area contributed by atoms with Crippen molar-refractivity contribution in [1.29, 1.82) is 0 Å². The molecule has 0 bridgehead atoms. The number of hydrogen-bond acceptors (Lipinski definition) is 2. The fraction of sp³-hybridized carbons (Fsp3) is 0.500. The lowest BCUT2D eigenvalue weighted by atomic mass is 9.86. The second kappa shape index (κ2) is 7.09. The fourth-order valence-corrected chi connectivity index (χ4v) is 4.43. The molecule has 1 saturated carbocycles. The fourth-order valence-electron chi connectivity index (χ4n) is 4.43. The van der Waals surface area contributed by atoms with Crippen molar-refractivity contribution in [3.63, 3.8) is 0 Å². The van der Waals surface area contributed by atoms with Gasteiger partial charge in [-0.05, 0) is 42.4 Å². The van der Waals surface area contributed by atoms with Crippen LogP contribution in [-0.2, 0) is 6.54 Å². The Morgan fingerprint density at radius 1 is 1.31 bits per heavy atom. The van der Waals surface area contributed by atoms with Gasteiger partial charge >= 0.3 is 0 Å². The lowest BCUT2D eigenvalue weighted by Gasteiger charge is -2.26. The molecule has 1 aromatic carbocycles. The van der Waals surface area contributed by atoms with Crippen LogP contribution < -0.4 is 5.32 Å². The van der Waals surface area contributed by atoms with Crippen molar-refractivity contribution in [3.8, 4) is 5.69 Å². The number of aliphatic imine (C=N–C) groups is 1. The van der Waals surface area contributed by atoms with E-state index in [9.17, 15) is 4.39 Å².